The van der Waals surface area contributed by atoms with E-state index in [0.717, 1.165) is 26.1 Å². The van der Waals surface area contributed by atoms with Crippen molar-refractivity contribution < 1.29 is 9.53 Å². The average molecular weight is 312 g/mol. The summed E-state index contributed by atoms with van der Waals surface area (Å²) in [5.41, 5.74) is 0.333. The molecule has 6 heteroatoms. The average Bonchev–Trinajstić information content (AvgIpc) is 2.46. The standard InChI is InChI=1S/C15H22ClN3O2/c1-10(2)13-17-8-11(16)12(19-13)14(20)18-9-15(3)4-6-21-7-5-15/h8,10H,4-7,9H2,1-3H3,(H,18,20). The molecule has 21 heavy (non-hydrogen) atoms. The molecule has 1 fully saturated rings. The molecule has 0 bridgehead atoms. The molecule has 0 radical (unpaired) electrons. The number of halogens is 1. The summed E-state index contributed by atoms with van der Waals surface area (Å²) in [6, 6.07) is 0. The number of nitrogens with one attached hydrogen (secondary N) is 1. The van der Waals surface area contributed by atoms with Gasteiger partial charge in [0.2, 0.25) is 0 Å². The van der Waals surface area contributed by atoms with Gasteiger partial charge in [-0.25, -0.2) is 9.97 Å². The fourth-order valence-electron chi connectivity index (χ4n) is 2.24. The summed E-state index contributed by atoms with van der Waals surface area (Å²) in [6.07, 6.45) is 3.39. The highest BCUT2D eigenvalue weighted by Crippen LogP contribution is 2.28. The number of aromatic nitrogens is 2. The van der Waals surface area contributed by atoms with E-state index in [0.29, 0.717) is 12.4 Å². The van der Waals surface area contributed by atoms with Gasteiger partial charge in [0.15, 0.2) is 0 Å². The Bertz CT molecular complexity index is 514. The molecule has 0 aromatic carbocycles. The molecule has 1 saturated heterocycles. The molecule has 116 valence electrons. The Hall–Kier alpha value is -1.20. The maximum Gasteiger partial charge on any atom is 0.271 e. The molecule has 1 amide bonds. The van der Waals surface area contributed by atoms with Gasteiger partial charge in [0.05, 0.1) is 11.2 Å². The van der Waals surface area contributed by atoms with Crippen molar-refractivity contribution in [3.8, 4) is 0 Å². The lowest BCUT2D eigenvalue weighted by Crippen LogP contribution is -2.39. The van der Waals surface area contributed by atoms with Crippen LogP contribution in [0.3, 0.4) is 0 Å². The van der Waals surface area contributed by atoms with E-state index in [-0.39, 0.29) is 28.0 Å². The summed E-state index contributed by atoms with van der Waals surface area (Å²) in [4.78, 5) is 20.7. The summed E-state index contributed by atoms with van der Waals surface area (Å²) in [5.74, 6) is 0.542. The second-order valence-electron chi connectivity index (χ2n) is 6.19. The van der Waals surface area contributed by atoms with Gasteiger partial charge >= 0.3 is 0 Å². The zero-order valence-electron chi connectivity index (χ0n) is 12.8. The molecule has 1 aromatic heterocycles. The quantitative estimate of drug-likeness (QED) is 0.928. The van der Waals surface area contributed by atoms with Crippen LogP contribution < -0.4 is 5.32 Å². The molecule has 1 N–H and O–H groups in total. The molecule has 0 spiro atoms. The van der Waals surface area contributed by atoms with Crippen LogP contribution in [0.4, 0.5) is 0 Å². The minimum Gasteiger partial charge on any atom is -0.381 e. The summed E-state index contributed by atoms with van der Waals surface area (Å²) in [6.45, 7) is 8.22. The van der Waals surface area contributed by atoms with Crippen molar-refractivity contribution in [1.29, 1.82) is 0 Å². The predicted octanol–water partition coefficient (Wildman–Crippen LogP) is 2.80. The highest BCUT2D eigenvalue weighted by molar-refractivity contribution is 6.33. The third kappa shape index (κ3) is 4.14. The number of hydrogen-bond donors (Lipinski definition) is 1. The zero-order chi connectivity index (χ0) is 15.5. The van der Waals surface area contributed by atoms with Crippen LogP contribution >= 0.6 is 11.6 Å². The van der Waals surface area contributed by atoms with Gasteiger partial charge in [0, 0.05) is 25.7 Å². The molecule has 2 heterocycles. The largest absolute Gasteiger partial charge is 0.381 e. The first kappa shape index (κ1) is 16.2. The Morgan fingerprint density at radius 2 is 2.14 bits per heavy atom. The predicted molar refractivity (Wildman–Crippen MR) is 81.6 cm³/mol. The summed E-state index contributed by atoms with van der Waals surface area (Å²) < 4.78 is 5.36. The third-order valence-electron chi connectivity index (χ3n) is 3.87. The van der Waals surface area contributed by atoms with E-state index in [9.17, 15) is 4.79 Å². The maximum absolute atomic E-state index is 12.3. The Morgan fingerprint density at radius 3 is 2.76 bits per heavy atom. The van der Waals surface area contributed by atoms with Crippen LogP contribution in [0.2, 0.25) is 5.02 Å². The topological polar surface area (TPSA) is 64.1 Å². The van der Waals surface area contributed by atoms with Crippen LogP contribution in [0.1, 0.15) is 55.8 Å². The first-order valence-electron chi connectivity index (χ1n) is 7.30. The summed E-state index contributed by atoms with van der Waals surface area (Å²) in [7, 11) is 0. The van der Waals surface area contributed by atoms with E-state index in [4.69, 9.17) is 16.3 Å². The van der Waals surface area contributed by atoms with Crippen molar-refractivity contribution in [3.63, 3.8) is 0 Å². The molecule has 1 aliphatic heterocycles. The van der Waals surface area contributed by atoms with Gasteiger partial charge in [-0.05, 0) is 18.3 Å². The minimum atomic E-state index is -0.239. The van der Waals surface area contributed by atoms with Crippen LogP contribution in [-0.2, 0) is 4.74 Å². The van der Waals surface area contributed by atoms with E-state index in [1.807, 2.05) is 13.8 Å². The fraction of sp³-hybridized carbons (Fsp3) is 0.667. The number of rotatable bonds is 4. The van der Waals surface area contributed by atoms with Crippen LogP contribution in [0.25, 0.3) is 0 Å². The van der Waals surface area contributed by atoms with Crippen molar-refractivity contribution in [3.05, 3.63) is 22.7 Å². The molecule has 0 atom stereocenters. The van der Waals surface area contributed by atoms with Crippen molar-refractivity contribution in [2.24, 2.45) is 5.41 Å². The molecule has 0 aliphatic carbocycles. The first-order chi connectivity index (χ1) is 9.91. The van der Waals surface area contributed by atoms with Gasteiger partial charge in [-0.3, -0.25) is 4.79 Å². The molecular weight excluding hydrogens is 290 g/mol. The Kier molecular flexibility index (Phi) is 5.17. The SMILES string of the molecule is CC(C)c1ncc(Cl)c(C(=O)NCC2(C)CCOCC2)n1. The van der Waals surface area contributed by atoms with E-state index >= 15 is 0 Å². The number of amides is 1. The fourth-order valence-corrected chi connectivity index (χ4v) is 2.41. The number of carbonyl (C=O) groups is 1. The van der Waals surface area contributed by atoms with Crippen LogP contribution in [0, 0.1) is 5.41 Å². The van der Waals surface area contributed by atoms with Gasteiger partial charge in [-0.2, -0.15) is 0 Å². The van der Waals surface area contributed by atoms with Gasteiger partial charge in [0.25, 0.3) is 5.91 Å². The van der Waals surface area contributed by atoms with Gasteiger partial charge in [-0.15, -0.1) is 0 Å². The van der Waals surface area contributed by atoms with Crippen LogP contribution in [0.5, 0.6) is 0 Å². The minimum absolute atomic E-state index is 0.0777. The molecular formula is C15H22ClN3O2. The van der Waals surface area contributed by atoms with E-state index in [2.05, 4.69) is 22.2 Å². The van der Waals surface area contributed by atoms with E-state index < -0.39 is 0 Å². The van der Waals surface area contributed by atoms with Crippen molar-refractivity contribution in [2.45, 2.75) is 39.5 Å². The van der Waals surface area contributed by atoms with Gasteiger partial charge in [-0.1, -0.05) is 32.4 Å². The monoisotopic (exact) mass is 311 g/mol. The van der Waals surface area contributed by atoms with Crippen molar-refractivity contribution >= 4 is 17.5 Å². The Labute approximate surface area is 130 Å². The Balaban J connectivity index is 2.04. The molecule has 1 aromatic rings. The third-order valence-corrected chi connectivity index (χ3v) is 4.15. The van der Waals surface area contributed by atoms with Crippen LogP contribution in [-0.4, -0.2) is 35.6 Å². The Morgan fingerprint density at radius 1 is 1.48 bits per heavy atom. The number of nitrogens with zero attached hydrogens (tertiary/aromatic N) is 2. The lowest BCUT2D eigenvalue weighted by molar-refractivity contribution is 0.0238. The zero-order valence-corrected chi connectivity index (χ0v) is 13.5. The van der Waals surface area contributed by atoms with Crippen molar-refractivity contribution in [1.82, 2.24) is 15.3 Å². The molecule has 1 aliphatic rings. The number of hydrogen-bond acceptors (Lipinski definition) is 4. The van der Waals surface area contributed by atoms with E-state index in [1.54, 1.807) is 0 Å². The van der Waals surface area contributed by atoms with Gasteiger partial charge < -0.3 is 10.1 Å². The normalized spacial score (nSPS) is 17.8. The second kappa shape index (κ2) is 6.71. The first-order valence-corrected chi connectivity index (χ1v) is 7.67. The molecule has 0 saturated carbocycles. The van der Waals surface area contributed by atoms with E-state index in [1.165, 1.54) is 6.20 Å². The highest BCUT2D eigenvalue weighted by Gasteiger charge is 2.28. The number of ether oxygens (including phenoxy) is 1. The second-order valence-corrected chi connectivity index (χ2v) is 6.59. The smallest absolute Gasteiger partial charge is 0.271 e. The molecule has 0 unspecified atom stereocenters. The lowest BCUT2D eigenvalue weighted by Gasteiger charge is -2.33. The highest BCUT2D eigenvalue weighted by atomic mass is 35.5. The number of carbonyl (C=O) groups excluding carboxylic acids is 1. The maximum atomic E-state index is 12.3. The molecule has 5 nitrogen and oxygen atoms in total. The van der Waals surface area contributed by atoms with Crippen molar-refractivity contribution in [2.75, 3.05) is 19.8 Å². The summed E-state index contributed by atoms with van der Waals surface area (Å²) in [5, 5.41) is 3.23. The summed E-state index contributed by atoms with van der Waals surface area (Å²) >= 11 is 6.05. The van der Waals surface area contributed by atoms with Crippen LogP contribution in [0.15, 0.2) is 6.20 Å². The van der Waals surface area contributed by atoms with Gasteiger partial charge in [0.1, 0.15) is 11.5 Å². The lowest BCUT2D eigenvalue weighted by atomic mass is 9.82. The molecule has 2 rings (SSSR count).